The first-order chi connectivity index (χ1) is 9.51. The van der Waals surface area contributed by atoms with Gasteiger partial charge in [0.2, 0.25) is 0 Å². The Bertz CT molecular complexity index is 619. The van der Waals surface area contributed by atoms with Gasteiger partial charge in [0.1, 0.15) is 17.4 Å². The zero-order valence-corrected chi connectivity index (χ0v) is 11.6. The van der Waals surface area contributed by atoms with E-state index in [0.717, 1.165) is 0 Å². The van der Waals surface area contributed by atoms with Crippen LogP contribution in [0.4, 0.5) is 8.78 Å². The van der Waals surface area contributed by atoms with Crippen LogP contribution < -0.4 is 10.5 Å². The standard InChI is InChI=1S/C15H14ClF2NO/c1-20-11-4-5-12(14(18)8-11)15(19)6-9-2-3-10(16)7-13(9)17/h2-5,7-8,15H,6,19H2,1H3. The first kappa shape index (κ1) is 14.8. The predicted molar refractivity (Wildman–Crippen MR) is 75.0 cm³/mol. The van der Waals surface area contributed by atoms with Gasteiger partial charge in [0.25, 0.3) is 0 Å². The summed E-state index contributed by atoms with van der Waals surface area (Å²) in [6.07, 6.45) is 0.187. The molecule has 2 aromatic carbocycles. The van der Waals surface area contributed by atoms with Crippen molar-refractivity contribution in [2.45, 2.75) is 12.5 Å². The summed E-state index contributed by atoms with van der Waals surface area (Å²) in [5, 5.41) is 0.315. The van der Waals surface area contributed by atoms with E-state index in [2.05, 4.69) is 0 Å². The van der Waals surface area contributed by atoms with Gasteiger partial charge < -0.3 is 10.5 Å². The fraction of sp³-hybridized carbons (Fsp3) is 0.200. The highest BCUT2D eigenvalue weighted by Gasteiger charge is 2.15. The van der Waals surface area contributed by atoms with E-state index < -0.39 is 17.7 Å². The van der Waals surface area contributed by atoms with Crippen LogP contribution in [0.3, 0.4) is 0 Å². The van der Waals surface area contributed by atoms with Gasteiger partial charge in [-0.05, 0) is 30.2 Å². The Morgan fingerprint density at radius 1 is 1.15 bits per heavy atom. The number of nitrogens with two attached hydrogens (primary N) is 1. The van der Waals surface area contributed by atoms with Gasteiger partial charge in [-0.25, -0.2) is 8.78 Å². The number of hydrogen-bond acceptors (Lipinski definition) is 2. The highest BCUT2D eigenvalue weighted by atomic mass is 35.5. The van der Waals surface area contributed by atoms with Gasteiger partial charge in [-0.1, -0.05) is 23.7 Å². The summed E-state index contributed by atoms with van der Waals surface area (Å²) in [6, 6.07) is 8.14. The maximum atomic E-state index is 13.9. The second-order valence-electron chi connectivity index (χ2n) is 4.43. The molecule has 0 aromatic heterocycles. The Morgan fingerprint density at radius 2 is 1.90 bits per heavy atom. The molecule has 0 radical (unpaired) electrons. The van der Waals surface area contributed by atoms with Crippen molar-refractivity contribution < 1.29 is 13.5 Å². The summed E-state index contributed by atoms with van der Waals surface area (Å²) in [4.78, 5) is 0. The number of hydrogen-bond donors (Lipinski definition) is 1. The molecule has 0 saturated carbocycles. The molecule has 0 spiro atoms. The van der Waals surface area contributed by atoms with E-state index in [9.17, 15) is 8.78 Å². The third-order valence-electron chi connectivity index (χ3n) is 3.06. The van der Waals surface area contributed by atoms with Crippen LogP contribution in [0.1, 0.15) is 17.2 Å². The van der Waals surface area contributed by atoms with Crippen molar-refractivity contribution in [3.63, 3.8) is 0 Å². The summed E-state index contributed by atoms with van der Waals surface area (Å²) in [7, 11) is 1.46. The van der Waals surface area contributed by atoms with Crippen molar-refractivity contribution in [2.75, 3.05) is 7.11 Å². The monoisotopic (exact) mass is 297 g/mol. The third kappa shape index (κ3) is 3.26. The Hall–Kier alpha value is -1.65. The van der Waals surface area contributed by atoms with E-state index >= 15 is 0 Å². The lowest BCUT2D eigenvalue weighted by Gasteiger charge is -2.14. The predicted octanol–water partition coefficient (Wildman–Crippen LogP) is 3.87. The summed E-state index contributed by atoms with van der Waals surface area (Å²) in [5.74, 6) is -0.496. The maximum Gasteiger partial charge on any atom is 0.131 e. The second kappa shape index (κ2) is 6.20. The Labute approximate surface area is 121 Å². The van der Waals surface area contributed by atoms with Gasteiger partial charge in [-0.2, -0.15) is 0 Å². The second-order valence-corrected chi connectivity index (χ2v) is 4.87. The van der Waals surface area contributed by atoms with Crippen molar-refractivity contribution in [2.24, 2.45) is 5.73 Å². The largest absolute Gasteiger partial charge is 0.497 e. The molecule has 5 heteroatoms. The van der Waals surface area contributed by atoms with Crippen LogP contribution in [-0.2, 0) is 6.42 Å². The van der Waals surface area contributed by atoms with E-state index in [0.29, 0.717) is 21.9 Å². The first-order valence-electron chi connectivity index (χ1n) is 6.04. The summed E-state index contributed by atoms with van der Waals surface area (Å²) in [6.45, 7) is 0. The molecule has 0 bridgehead atoms. The normalized spacial score (nSPS) is 12.2. The smallest absolute Gasteiger partial charge is 0.131 e. The molecular formula is C15H14ClF2NO. The van der Waals surface area contributed by atoms with E-state index in [1.165, 1.54) is 19.2 Å². The molecule has 2 N–H and O–H groups in total. The molecule has 1 unspecified atom stereocenters. The average Bonchev–Trinajstić information content (AvgIpc) is 2.41. The SMILES string of the molecule is COc1ccc(C(N)Cc2ccc(Cl)cc2F)c(F)c1. The lowest BCUT2D eigenvalue weighted by Crippen LogP contribution is -2.15. The minimum atomic E-state index is -0.642. The molecular weight excluding hydrogens is 284 g/mol. The van der Waals surface area contributed by atoms with Crippen molar-refractivity contribution in [1.29, 1.82) is 0 Å². The molecule has 0 aliphatic rings. The van der Waals surface area contributed by atoms with Gasteiger partial charge in [-0.15, -0.1) is 0 Å². The number of methoxy groups -OCH3 is 1. The molecule has 1 atom stereocenters. The van der Waals surface area contributed by atoms with Crippen LogP contribution in [0, 0.1) is 11.6 Å². The number of benzene rings is 2. The van der Waals surface area contributed by atoms with Crippen LogP contribution >= 0.6 is 11.6 Å². The van der Waals surface area contributed by atoms with Crippen LogP contribution in [0.5, 0.6) is 5.75 Å². The highest BCUT2D eigenvalue weighted by molar-refractivity contribution is 6.30. The minimum Gasteiger partial charge on any atom is -0.497 e. The van der Waals surface area contributed by atoms with Gasteiger partial charge in [0.05, 0.1) is 7.11 Å². The van der Waals surface area contributed by atoms with Crippen LogP contribution in [-0.4, -0.2) is 7.11 Å². The zero-order chi connectivity index (χ0) is 14.7. The van der Waals surface area contributed by atoms with Crippen LogP contribution in [0.2, 0.25) is 5.02 Å². The number of ether oxygens (including phenoxy) is 1. The summed E-state index contributed by atoms with van der Waals surface area (Å²) >= 11 is 5.68. The first-order valence-corrected chi connectivity index (χ1v) is 6.42. The van der Waals surface area contributed by atoms with Gasteiger partial charge in [0, 0.05) is 22.7 Å². The van der Waals surface area contributed by atoms with E-state index in [-0.39, 0.29) is 6.42 Å². The number of halogens is 3. The molecule has 20 heavy (non-hydrogen) atoms. The van der Waals surface area contributed by atoms with E-state index in [1.54, 1.807) is 24.3 Å². The molecule has 0 heterocycles. The lowest BCUT2D eigenvalue weighted by molar-refractivity contribution is 0.410. The molecule has 2 aromatic rings. The Morgan fingerprint density at radius 3 is 2.50 bits per heavy atom. The molecule has 2 nitrogen and oxygen atoms in total. The van der Waals surface area contributed by atoms with Crippen molar-refractivity contribution in [3.05, 3.63) is 64.2 Å². The van der Waals surface area contributed by atoms with Crippen molar-refractivity contribution in [3.8, 4) is 5.75 Å². The zero-order valence-electron chi connectivity index (χ0n) is 10.9. The average molecular weight is 298 g/mol. The fourth-order valence-corrected chi connectivity index (χ4v) is 2.13. The van der Waals surface area contributed by atoms with Crippen LogP contribution in [0.15, 0.2) is 36.4 Å². The summed E-state index contributed by atoms with van der Waals surface area (Å²) in [5.41, 5.74) is 6.67. The minimum absolute atomic E-state index is 0.187. The van der Waals surface area contributed by atoms with Gasteiger partial charge >= 0.3 is 0 Å². The molecule has 106 valence electrons. The topological polar surface area (TPSA) is 35.2 Å². The Kier molecular flexibility index (Phi) is 4.57. The van der Waals surface area contributed by atoms with Crippen LogP contribution in [0.25, 0.3) is 0 Å². The lowest BCUT2D eigenvalue weighted by atomic mass is 9.99. The fourth-order valence-electron chi connectivity index (χ4n) is 1.97. The maximum absolute atomic E-state index is 13.9. The van der Waals surface area contributed by atoms with Crippen molar-refractivity contribution >= 4 is 11.6 Å². The Balaban J connectivity index is 2.21. The van der Waals surface area contributed by atoms with E-state index in [4.69, 9.17) is 22.1 Å². The number of rotatable bonds is 4. The highest BCUT2D eigenvalue weighted by Crippen LogP contribution is 2.24. The van der Waals surface area contributed by atoms with E-state index in [1.807, 2.05) is 0 Å². The van der Waals surface area contributed by atoms with Crippen molar-refractivity contribution in [1.82, 2.24) is 0 Å². The molecule has 2 rings (SSSR count). The molecule has 0 aliphatic heterocycles. The third-order valence-corrected chi connectivity index (χ3v) is 3.30. The van der Waals surface area contributed by atoms with Gasteiger partial charge in [-0.3, -0.25) is 0 Å². The summed E-state index contributed by atoms with van der Waals surface area (Å²) < 4.78 is 32.5. The molecule has 0 fully saturated rings. The quantitative estimate of drug-likeness (QED) is 0.930. The van der Waals surface area contributed by atoms with Gasteiger partial charge in [0.15, 0.2) is 0 Å². The molecule has 0 saturated heterocycles. The molecule has 0 amide bonds. The molecule has 0 aliphatic carbocycles.